The third kappa shape index (κ3) is 2.84. The van der Waals surface area contributed by atoms with Gasteiger partial charge in [-0.3, -0.25) is 0 Å². The Labute approximate surface area is 95.0 Å². The van der Waals surface area contributed by atoms with E-state index in [1.54, 1.807) is 12.1 Å². The molecule has 0 heterocycles. The van der Waals surface area contributed by atoms with E-state index in [0.29, 0.717) is 11.0 Å². The van der Waals surface area contributed by atoms with E-state index in [1.807, 2.05) is 6.92 Å². The Balaban J connectivity index is 3.15. The van der Waals surface area contributed by atoms with Crippen LogP contribution in [0.15, 0.2) is 18.2 Å². The van der Waals surface area contributed by atoms with Crippen molar-refractivity contribution in [2.24, 2.45) is 0 Å². The van der Waals surface area contributed by atoms with Crippen molar-refractivity contribution < 1.29 is 19.6 Å². The van der Waals surface area contributed by atoms with E-state index >= 15 is 0 Å². The molecule has 0 atom stereocenters. The fourth-order valence-electron chi connectivity index (χ4n) is 1.54. The maximum atomic E-state index is 11.5. The minimum atomic E-state index is -1.57. The molecule has 0 saturated heterocycles. The summed E-state index contributed by atoms with van der Waals surface area (Å²) in [5, 5.41) is 18.1. The number of carbonyl (C=O) groups excluding carboxylic acids is 1. The molecule has 4 nitrogen and oxygen atoms in total. The lowest BCUT2D eigenvalue weighted by Gasteiger charge is -2.09. The molecule has 0 aliphatic carbocycles. The Morgan fingerprint density at radius 3 is 2.62 bits per heavy atom. The molecule has 16 heavy (non-hydrogen) atoms. The van der Waals surface area contributed by atoms with Gasteiger partial charge >= 0.3 is 13.1 Å². The van der Waals surface area contributed by atoms with Crippen LogP contribution >= 0.6 is 0 Å². The van der Waals surface area contributed by atoms with E-state index in [9.17, 15) is 4.79 Å². The molecule has 0 spiro atoms. The predicted molar refractivity (Wildman–Crippen MR) is 61.6 cm³/mol. The topological polar surface area (TPSA) is 66.8 Å². The van der Waals surface area contributed by atoms with Gasteiger partial charge in [-0.25, -0.2) is 4.79 Å². The largest absolute Gasteiger partial charge is 0.488 e. The highest BCUT2D eigenvalue weighted by molar-refractivity contribution is 6.58. The van der Waals surface area contributed by atoms with Gasteiger partial charge in [0.1, 0.15) is 0 Å². The van der Waals surface area contributed by atoms with E-state index in [0.717, 1.165) is 18.4 Å². The summed E-state index contributed by atoms with van der Waals surface area (Å²) in [6, 6.07) is 4.79. The summed E-state index contributed by atoms with van der Waals surface area (Å²) < 4.78 is 4.66. The first-order chi connectivity index (χ1) is 7.60. The number of aryl methyl sites for hydroxylation is 1. The molecule has 0 fully saturated rings. The summed E-state index contributed by atoms with van der Waals surface area (Å²) in [6.07, 6.45) is 1.66. The third-order valence-corrected chi connectivity index (χ3v) is 2.36. The fourth-order valence-corrected chi connectivity index (χ4v) is 1.54. The van der Waals surface area contributed by atoms with Crippen LogP contribution in [-0.4, -0.2) is 30.2 Å². The average Bonchev–Trinajstić information content (AvgIpc) is 2.28. The Hall–Kier alpha value is -1.33. The van der Waals surface area contributed by atoms with Gasteiger partial charge in [-0.2, -0.15) is 0 Å². The van der Waals surface area contributed by atoms with E-state index in [2.05, 4.69) is 4.74 Å². The Morgan fingerprint density at radius 2 is 2.12 bits per heavy atom. The van der Waals surface area contributed by atoms with Crippen LogP contribution < -0.4 is 5.46 Å². The van der Waals surface area contributed by atoms with Gasteiger partial charge in [0.05, 0.1) is 12.7 Å². The second-order valence-corrected chi connectivity index (χ2v) is 3.53. The highest BCUT2D eigenvalue weighted by Gasteiger charge is 2.17. The predicted octanol–water partition coefficient (Wildman–Crippen LogP) is 0.106. The van der Waals surface area contributed by atoms with Gasteiger partial charge in [0, 0.05) is 0 Å². The molecule has 0 amide bonds. The van der Waals surface area contributed by atoms with Gasteiger partial charge in [-0.15, -0.1) is 0 Å². The standard InChI is InChI=1S/C11H15BO4/c1-3-4-8-5-6-9(12(14)15)7-10(8)11(13)16-2/h5-7,14-15H,3-4H2,1-2H3. The van der Waals surface area contributed by atoms with E-state index < -0.39 is 13.1 Å². The molecular weight excluding hydrogens is 207 g/mol. The zero-order valence-electron chi connectivity index (χ0n) is 9.43. The quantitative estimate of drug-likeness (QED) is 0.560. The summed E-state index contributed by atoms with van der Waals surface area (Å²) in [7, 11) is -0.265. The SMILES string of the molecule is CCCc1ccc(B(O)O)cc1C(=O)OC. The molecule has 0 saturated carbocycles. The number of hydrogen-bond donors (Lipinski definition) is 2. The molecule has 1 aromatic rings. The van der Waals surface area contributed by atoms with Crippen molar-refractivity contribution in [1.82, 2.24) is 0 Å². The van der Waals surface area contributed by atoms with Crippen LogP contribution in [-0.2, 0) is 11.2 Å². The van der Waals surface area contributed by atoms with Crippen molar-refractivity contribution in [1.29, 1.82) is 0 Å². The van der Waals surface area contributed by atoms with Gasteiger partial charge in [0.2, 0.25) is 0 Å². The van der Waals surface area contributed by atoms with Crippen molar-refractivity contribution in [3.05, 3.63) is 29.3 Å². The van der Waals surface area contributed by atoms with Crippen LogP contribution in [0.2, 0.25) is 0 Å². The van der Waals surface area contributed by atoms with E-state index in [4.69, 9.17) is 10.0 Å². The van der Waals surface area contributed by atoms with Crippen LogP contribution in [0.3, 0.4) is 0 Å². The lowest BCUT2D eigenvalue weighted by atomic mass is 9.78. The van der Waals surface area contributed by atoms with Gasteiger partial charge in [-0.1, -0.05) is 25.5 Å². The average molecular weight is 222 g/mol. The Morgan fingerprint density at radius 1 is 1.44 bits per heavy atom. The third-order valence-electron chi connectivity index (χ3n) is 2.36. The van der Waals surface area contributed by atoms with Crippen LogP contribution in [0.4, 0.5) is 0 Å². The molecule has 0 aliphatic heterocycles. The zero-order chi connectivity index (χ0) is 12.1. The molecule has 86 valence electrons. The van der Waals surface area contributed by atoms with Crippen LogP contribution in [0.1, 0.15) is 29.3 Å². The van der Waals surface area contributed by atoms with Crippen molar-refractivity contribution in [2.75, 3.05) is 7.11 Å². The molecule has 0 aromatic heterocycles. The first-order valence-corrected chi connectivity index (χ1v) is 5.17. The summed E-state index contributed by atoms with van der Waals surface area (Å²) in [4.78, 5) is 11.5. The van der Waals surface area contributed by atoms with Gasteiger partial charge < -0.3 is 14.8 Å². The lowest BCUT2D eigenvalue weighted by molar-refractivity contribution is 0.0599. The van der Waals surface area contributed by atoms with Gasteiger partial charge in [0.15, 0.2) is 0 Å². The minimum Gasteiger partial charge on any atom is -0.465 e. The number of hydrogen-bond acceptors (Lipinski definition) is 4. The first kappa shape index (κ1) is 12.7. The fraction of sp³-hybridized carbons (Fsp3) is 0.364. The zero-order valence-corrected chi connectivity index (χ0v) is 9.43. The van der Waals surface area contributed by atoms with E-state index in [-0.39, 0.29) is 0 Å². The molecule has 1 rings (SSSR count). The van der Waals surface area contributed by atoms with Crippen molar-refractivity contribution in [2.45, 2.75) is 19.8 Å². The summed E-state index contributed by atoms with van der Waals surface area (Å²) in [5.74, 6) is -0.453. The van der Waals surface area contributed by atoms with Crippen LogP contribution in [0.5, 0.6) is 0 Å². The summed E-state index contributed by atoms with van der Waals surface area (Å²) in [5.41, 5.74) is 1.55. The molecule has 5 heteroatoms. The molecule has 0 unspecified atom stereocenters. The number of esters is 1. The van der Waals surface area contributed by atoms with E-state index in [1.165, 1.54) is 13.2 Å². The molecule has 2 N–H and O–H groups in total. The second kappa shape index (κ2) is 5.68. The van der Waals surface area contributed by atoms with Gasteiger partial charge in [-0.05, 0) is 23.5 Å². The second-order valence-electron chi connectivity index (χ2n) is 3.53. The molecule has 0 bridgehead atoms. The maximum Gasteiger partial charge on any atom is 0.488 e. The van der Waals surface area contributed by atoms with Crippen molar-refractivity contribution in [3.8, 4) is 0 Å². The molecule has 1 aromatic carbocycles. The minimum absolute atomic E-state index is 0.292. The number of benzene rings is 1. The Kier molecular flexibility index (Phi) is 4.52. The maximum absolute atomic E-state index is 11.5. The number of carbonyl (C=O) groups is 1. The van der Waals surface area contributed by atoms with Crippen molar-refractivity contribution in [3.63, 3.8) is 0 Å². The highest BCUT2D eigenvalue weighted by atomic mass is 16.5. The smallest absolute Gasteiger partial charge is 0.465 e. The summed E-state index contributed by atoms with van der Waals surface area (Å²) >= 11 is 0. The normalized spacial score (nSPS) is 10.0. The number of methoxy groups -OCH3 is 1. The molecule has 0 aliphatic rings. The van der Waals surface area contributed by atoms with Crippen LogP contribution in [0, 0.1) is 0 Å². The summed E-state index contributed by atoms with van der Waals surface area (Å²) in [6.45, 7) is 2.01. The molecule has 0 radical (unpaired) electrons. The monoisotopic (exact) mass is 222 g/mol. The highest BCUT2D eigenvalue weighted by Crippen LogP contribution is 2.11. The number of rotatable bonds is 4. The first-order valence-electron chi connectivity index (χ1n) is 5.17. The molecular formula is C11H15BO4. The van der Waals surface area contributed by atoms with Crippen molar-refractivity contribution >= 4 is 18.6 Å². The Bertz CT molecular complexity index is 376. The van der Waals surface area contributed by atoms with Gasteiger partial charge in [0.25, 0.3) is 0 Å². The lowest BCUT2D eigenvalue weighted by Crippen LogP contribution is -2.30. The van der Waals surface area contributed by atoms with Crippen LogP contribution in [0.25, 0.3) is 0 Å². The number of ether oxygens (including phenoxy) is 1.